The van der Waals surface area contributed by atoms with Crippen LogP contribution in [0, 0.1) is 0 Å². The van der Waals surface area contributed by atoms with Crippen LogP contribution in [-0.2, 0) is 6.42 Å². The Kier molecular flexibility index (Phi) is 2.38. The van der Waals surface area contributed by atoms with Crippen LogP contribution in [0.15, 0.2) is 29.3 Å². The number of nitrogens with two attached hydrogens (primary N) is 1. The quantitative estimate of drug-likeness (QED) is 0.669. The first-order chi connectivity index (χ1) is 6.31. The Morgan fingerprint density at radius 3 is 3.00 bits per heavy atom. The summed E-state index contributed by atoms with van der Waals surface area (Å²) in [5.41, 5.74) is 7.99. The van der Waals surface area contributed by atoms with Crippen LogP contribution in [0.1, 0.15) is 11.1 Å². The van der Waals surface area contributed by atoms with Crippen molar-refractivity contribution in [3.05, 3.63) is 35.4 Å². The summed E-state index contributed by atoms with van der Waals surface area (Å²) in [6.45, 7) is 0. The number of rotatable bonds is 1. The molecule has 1 aliphatic heterocycles. The average molecular weight is 237 g/mol. The van der Waals surface area contributed by atoms with Gasteiger partial charge >= 0.3 is 83.4 Å². The first-order valence-corrected chi connectivity index (χ1v) is 5.99. The van der Waals surface area contributed by atoms with Crippen molar-refractivity contribution in [2.45, 2.75) is 11.3 Å². The van der Waals surface area contributed by atoms with Crippen molar-refractivity contribution in [3.8, 4) is 0 Å². The summed E-state index contributed by atoms with van der Waals surface area (Å²) in [6.07, 6.45) is 0.827. The standard InChI is InChI=1S/C9H10AsN2O/c11-9-7-4-2-1-3-6(7)5-8(10-13)12-9/h1-4,8,13H,5H2,(H2,11,12). The van der Waals surface area contributed by atoms with E-state index >= 15 is 0 Å². The van der Waals surface area contributed by atoms with Gasteiger partial charge in [0.15, 0.2) is 0 Å². The molecule has 4 heteroatoms. The minimum absolute atomic E-state index is 0.0335. The van der Waals surface area contributed by atoms with Crippen LogP contribution in [0.4, 0.5) is 0 Å². The zero-order valence-corrected chi connectivity index (χ0v) is 8.89. The molecule has 1 unspecified atom stereocenters. The van der Waals surface area contributed by atoms with Crippen molar-refractivity contribution in [3.63, 3.8) is 0 Å². The van der Waals surface area contributed by atoms with Gasteiger partial charge in [-0.05, 0) is 0 Å². The molecule has 67 valence electrons. The summed E-state index contributed by atoms with van der Waals surface area (Å²) in [6, 6.07) is 7.95. The molecule has 1 radical (unpaired) electrons. The van der Waals surface area contributed by atoms with Crippen molar-refractivity contribution < 1.29 is 4.10 Å². The van der Waals surface area contributed by atoms with Gasteiger partial charge < -0.3 is 0 Å². The van der Waals surface area contributed by atoms with Gasteiger partial charge in [0, 0.05) is 0 Å². The van der Waals surface area contributed by atoms with Crippen LogP contribution in [0.5, 0.6) is 0 Å². The number of aliphatic imine (C=N–C) groups is 1. The number of amidine groups is 1. The van der Waals surface area contributed by atoms with Crippen molar-refractivity contribution in [2.75, 3.05) is 0 Å². The predicted molar refractivity (Wildman–Crippen MR) is 52.6 cm³/mol. The van der Waals surface area contributed by atoms with E-state index in [-0.39, 0.29) is 4.83 Å². The fourth-order valence-corrected chi connectivity index (χ4v) is 2.44. The van der Waals surface area contributed by atoms with E-state index in [0.717, 1.165) is 12.0 Å². The molecule has 0 saturated carbocycles. The average Bonchev–Trinajstić information content (AvgIpc) is 2.18. The Labute approximate surface area is 83.7 Å². The van der Waals surface area contributed by atoms with Crippen molar-refractivity contribution >= 4 is 21.9 Å². The van der Waals surface area contributed by atoms with Gasteiger partial charge in [-0.25, -0.2) is 0 Å². The van der Waals surface area contributed by atoms with Gasteiger partial charge in [-0.15, -0.1) is 0 Å². The van der Waals surface area contributed by atoms with Crippen molar-refractivity contribution in [1.29, 1.82) is 0 Å². The van der Waals surface area contributed by atoms with Crippen LogP contribution in [-0.4, -0.2) is 30.9 Å². The SMILES string of the molecule is NC1=NC([As]O)Cc2ccccc21. The fourth-order valence-electron chi connectivity index (χ4n) is 1.49. The maximum atomic E-state index is 9.07. The molecule has 0 aromatic heterocycles. The second-order valence-electron chi connectivity index (χ2n) is 2.97. The molecular formula is C9H10AsN2O. The van der Waals surface area contributed by atoms with Crippen LogP contribution in [0.2, 0.25) is 0 Å². The molecule has 1 atom stereocenters. The van der Waals surface area contributed by atoms with Crippen LogP contribution in [0.3, 0.4) is 0 Å². The topological polar surface area (TPSA) is 58.6 Å². The number of hydrogen-bond donors (Lipinski definition) is 2. The van der Waals surface area contributed by atoms with Gasteiger partial charge in [0.1, 0.15) is 0 Å². The molecule has 0 aliphatic carbocycles. The molecule has 3 N–H and O–H groups in total. The maximum absolute atomic E-state index is 9.07. The Morgan fingerprint density at radius 1 is 1.46 bits per heavy atom. The van der Waals surface area contributed by atoms with E-state index in [1.165, 1.54) is 5.56 Å². The van der Waals surface area contributed by atoms with Gasteiger partial charge in [0.25, 0.3) is 0 Å². The molecule has 13 heavy (non-hydrogen) atoms. The van der Waals surface area contributed by atoms with E-state index in [1.807, 2.05) is 24.3 Å². The van der Waals surface area contributed by atoms with Gasteiger partial charge in [-0.1, -0.05) is 0 Å². The molecule has 0 amide bonds. The zero-order chi connectivity index (χ0) is 9.26. The monoisotopic (exact) mass is 237 g/mol. The van der Waals surface area contributed by atoms with E-state index in [0.29, 0.717) is 5.84 Å². The van der Waals surface area contributed by atoms with Crippen LogP contribution >= 0.6 is 0 Å². The van der Waals surface area contributed by atoms with E-state index in [1.54, 1.807) is 0 Å². The number of benzene rings is 1. The minimum atomic E-state index is -0.702. The third-order valence-corrected chi connectivity index (χ3v) is 3.30. The van der Waals surface area contributed by atoms with Gasteiger partial charge in [0.2, 0.25) is 0 Å². The molecule has 1 aromatic carbocycles. The van der Waals surface area contributed by atoms with E-state index in [4.69, 9.17) is 9.83 Å². The Morgan fingerprint density at radius 2 is 2.23 bits per heavy atom. The van der Waals surface area contributed by atoms with E-state index in [2.05, 4.69) is 4.99 Å². The summed E-state index contributed by atoms with van der Waals surface area (Å²) in [5, 5.41) is 0. The first-order valence-electron chi connectivity index (χ1n) is 4.07. The number of fused-ring (bicyclic) bond motifs is 1. The molecule has 2 rings (SSSR count). The Balaban J connectivity index is 2.42. The zero-order valence-electron chi connectivity index (χ0n) is 7.01. The molecule has 0 spiro atoms. The molecule has 0 saturated heterocycles. The molecule has 1 aliphatic rings. The predicted octanol–water partition coefficient (Wildman–Crippen LogP) is -0.114. The second kappa shape index (κ2) is 3.52. The van der Waals surface area contributed by atoms with Crippen molar-refractivity contribution in [1.82, 2.24) is 0 Å². The fraction of sp³-hybridized carbons (Fsp3) is 0.222. The summed E-state index contributed by atoms with van der Waals surface area (Å²) < 4.78 is 9.07. The number of hydrogen-bond acceptors (Lipinski definition) is 3. The third-order valence-electron chi connectivity index (χ3n) is 2.12. The third kappa shape index (κ3) is 1.62. The molecule has 0 fully saturated rings. The van der Waals surface area contributed by atoms with E-state index < -0.39 is 16.1 Å². The van der Waals surface area contributed by atoms with Gasteiger partial charge in [-0.2, -0.15) is 0 Å². The molecule has 3 nitrogen and oxygen atoms in total. The van der Waals surface area contributed by atoms with Crippen LogP contribution < -0.4 is 5.73 Å². The molecule has 1 aromatic rings. The van der Waals surface area contributed by atoms with Gasteiger partial charge in [-0.3, -0.25) is 0 Å². The molecule has 1 heterocycles. The van der Waals surface area contributed by atoms with E-state index in [9.17, 15) is 0 Å². The normalized spacial score (nSPS) is 21.6. The van der Waals surface area contributed by atoms with Crippen molar-refractivity contribution in [2.24, 2.45) is 10.7 Å². The second-order valence-corrected chi connectivity index (χ2v) is 4.71. The summed E-state index contributed by atoms with van der Waals surface area (Å²) in [7, 11) is 0. The Hall–Kier alpha value is -0.792. The van der Waals surface area contributed by atoms with Crippen LogP contribution in [0.25, 0.3) is 0 Å². The summed E-state index contributed by atoms with van der Waals surface area (Å²) in [5.74, 6) is 0.566. The summed E-state index contributed by atoms with van der Waals surface area (Å²) >= 11 is -0.702. The first kappa shape index (κ1) is 8.79. The Bertz CT molecular complexity index is 351. The number of nitrogens with zero attached hydrogens (tertiary/aromatic N) is 1. The molecule has 0 bridgehead atoms. The van der Waals surface area contributed by atoms with Gasteiger partial charge in [0.05, 0.1) is 0 Å². The molecular weight excluding hydrogens is 227 g/mol. The summed E-state index contributed by atoms with van der Waals surface area (Å²) in [4.78, 5) is 4.26.